The molecule has 9 nitrogen and oxygen atoms in total. The second-order valence-corrected chi connectivity index (χ2v) is 9.30. The first-order valence-corrected chi connectivity index (χ1v) is 12.2. The average Bonchev–Trinajstić information content (AvgIpc) is 3.69. The van der Waals surface area contributed by atoms with Crippen LogP contribution in [0.2, 0.25) is 0 Å². The third-order valence-electron chi connectivity index (χ3n) is 6.58. The number of amidine groups is 1. The lowest BCUT2D eigenvalue weighted by Crippen LogP contribution is -2.28. The van der Waals surface area contributed by atoms with Gasteiger partial charge < -0.3 is 20.7 Å². The van der Waals surface area contributed by atoms with Crippen LogP contribution in [-0.2, 0) is 24.1 Å². The van der Waals surface area contributed by atoms with Gasteiger partial charge >= 0.3 is 12.1 Å². The Morgan fingerprint density at radius 2 is 1.87 bits per heavy atom. The van der Waals surface area contributed by atoms with E-state index < -0.39 is 29.5 Å². The number of aromatic nitrogens is 2. The molecule has 3 aromatic rings. The molecule has 1 aromatic heterocycles. The quantitative estimate of drug-likeness (QED) is 0.273. The summed E-state index contributed by atoms with van der Waals surface area (Å²) in [6.07, 6.45) is -2.31. The van der Waals surface area contributed by atoms with E-state index in [1.807, 2.05) is 6.92 Å². The summed E-state index contributed by atoms with van der Waals surface area (Å²) in [5.74, 6) is -1.93. The summed E-state index contributed by atoms with van der Waals surface area (Å²) in [7, 11) is 0. The Bertz CT molecular complexity index is 1430. The van der Waals surface area contributed by atoms with Crippen LogP contribution in [0.25, 0.3) is 11.4 Å². The maximum absolute atomic E-state index is 13.1. The minimum Gasteiger partial charge on any atom is -0.475 e. The summed E-state index contributed by atoms with van der Waals surface area (Å²) in [6, 6.07) is 11.3. The number of carbonyl (C=O) groups is 2. The Kier molecular flexibility index (Phi) is 7.95. The molecule has 0 saturated heterocycles. The number of aliphatic carboxylic acids is 1. The Balaban J connectivity index is 1.90. The summed E-state index contributed by atoms with van der Waals surface area (Å²) in [5.41, 5.74) is 6.33. The highest BCUT2D eigenvalue weighted by Gasteiger charge is 2.31. The van der Waals surface area contributed by atoms with Crippen LogP contribution in [0.3, 0.4) is 0 Å². The molecule has 0 radical (unpaired) electrons. The average molecular weight is 541 g/mol. The van der Waals surface area contributed by atoms with Crippen LogP contribution in [-0.4, -0.2) is 45.1 Å². The number of carbonyl (C=O) groups excluding carboxylic acids is 1. The van der Waals surface area contributed by atoms with Crippen molar-refractivity contribution >= 4 is 30.2 Å². The number of alkyl halides is 3. The number of halogens is 3. The van der Waals surface area contributed by atoms with E-state index in [0.717, 1.165) is 25.0 Å². The third kappa shape index (κ3) is 6.40. The molecular formula is C27H27F3N6O3. The van der Waals surface area contributed by atoms with Gasteiger partial charge in [0.05, 0.1) is 16.8 Å². The van der Waals surface area contributed by atoms with Crippen molar-refractivity contribution < 1.29 is 27.9 Å². The van der Waals surface area contributed by atoms with Gasteiger partial charge in [0.2, 0.25) is 11.7 Å². The Hall–Kier alpha value is -4.32. The predicted octanol–water partition coefficient (Wildman–Crippen LogP) is 4.42. The molecule has 0 unspecified atom stereocenters. The van der Waals surface area contributed by atoms with Crippen LogP contribution in [0.1, 0.15) is 46.9 Å². The van der Waals surface area contributed by atoms with Crippen molar-refractivity contribution in [2.24, 2.45) is 21.6 Å². The van der Waals surface area contributed by atoms with Crippen molar-refractivity contribution in [3.63, 3.8) is 0 Å². The van der Waals surface area contributed by atoms with E-state index in [0.29, 0.717) is 22.7 Å². The van der Waals surface area contributed by atoms with Crippen molar-refractivity contribution in [1.82, 2.24) is 14.9 Å². The smallest absolute Gasteiger partial charge is 0.416 e. The molecule has 1 heterocycles. The van der Waals surface area contributed by atoms with Crippen LogP contribution >= 0.6 is 0 Å². The second kappa shape index (κ2) is 11.2. The first-order chi connectivity index (χ1) is 18.5. The number of hydrogen-bond donors (Lipinski definition) is 3. The van der Waals surface area contributed by atoms with Crippen molar-refractivity contribution in [1.29, 1.82) is 0 Å². The number of hydrogen-bond acceptors (Lipinski definition) is 5. The number of nitrogens with zero attached hydrogens (tertiary/aromatic N) is 4. The van der Waals surface area contributed by atoms with Gasteiger partial charge in [-0.1, -0.05) is 30.3 Å². The largest absolute Gasteiger partial charge is 0.475 e. The highest BCUT2D eigenvalue weighted by atomic mass is 19.4. The number of nitrogens with one attached hydrogen (secondary N) is 1. The molecule has 39 heavy (non-hydrogen) atoms. The minimum atomic E-state index is -4.49. The summed E-state index contributed by atoms with van der Waals surface area (Å²) in [6.45, 7) is 5.58. The van der Waals surface area contributed by atoms with Gasteiger partial charge in [-0.15, -0.1) is 0 Å². The molecule has 2 aromatic carbocycles. The highest BCUT2D eigenvalue weighted by Crippen LogP contribution is 2.35. The molecule has 204 valence electrons. The molecule has 1 aliphatic rings. The van der Waals surface area contributed by atoms with E-state index >= 15 is 0 Å². The molecule has 1 fully saturated rings. The normalized spacial score (nSPS) is 14.7. The first-order valence-electron chi connectivity index (χ1n) is 12.2. The van der Waals surface area contributed by atoms with Crippen LogP contribution in [0.5, 0.6) is 0 Å². The standard InChI is InChI=1S/C27H27F3N6O3/c1-15(17-9-10-17)33-13-21-23(34-24(32-2)26(38)39)35-25(20-6-4-3-5-19(20)22(31)37)36(21)14-16-7-11-18(12-8-16)27(28,29)30/h3-8,11-12,15,17,33H,2,9-10,13-14H2,1H3,(H2,31,37)(H,38,39)/t15-/m1/s1. The number of imidazole rings is 1. The van der Waals surface area contributed by atoms with Gasteiger partial charge in [0.1, 0.15) is 5.82 Å². The van der Waals surface area contributed by atoms with Gasteiger partial charge in [-0.25, -0.2) is 19.8 Å². The van der Waals surface area contributed by atoms with E-state index in [1.165, 1.54) is 18.2 Å². The van der Waals surface area contributed by atoms with Gasteiger partial charge in [0.15, 0.2) is 5.82 Å². The molecule has 4 rings (SSSR count). The van der Waals surface area contributed by atoms with Crippen molar-refractivity contribution in [3.05, 3.63) is 70.9 Å². The second-order valence-electron chi connectivity index (χ2n) is 9.30. The van der Waals surface area contributed by atoms with Gasteiger partial charge in [-0.2, -0.15) is 13.2 Å². The maximum Gasteiger partial charge on any atom is 0.416 e. The third-order valence-corrected chi connectivity index (χ3v) is 6.58. The molecule has 1 saturated carbocycles. The first kappa shape index (κ1) is 27.7. The zero-order valence-electron chi connectivity index (χ0n) is 21.1. The fourth-order valence-electron chi connectivity index (χ4n) is 4.26. The minimum absolute atomic E-state index is 0.0245. The number of amides is 1. The van der Waals surface area contributed by atoms with Crippen LogP contribution in [0.4, 0.5) is 19.0 Å². The molecule has 0 bridgehead atoms. The van der Waals surface area contributed by atoms with Gasteiger partial charge in [-0.05, 0) is 56.2 Å². The molecule has 1 atom stereocenters. The number of aliphatic imine (C=N–C) groups is 2. The molecule has 1 aliphatic carbocycles. The molecule has 0 spiro atoms. The van der Waals surface area contributed by atoms with E-state index in [1.54, 1.807) is 22.8 Å². The van der Waals surface area contributed by atoms with Crippen LogP contribution in [0, 0.1) is 5.92 Å². The van der Waals surface area contributed by atoms with Crippen molar-refractivity contribution in [2.45, 2.75) is 45.1 Å². The SMILES string of the molecule is C=NC(=Nc1nc(-c2ccccc2C(N)=O)n(Cc2ccc(C(F)(F)F)cc2)c1CN[C@H](C)C1CC1)C(=O)O. The van der Waals surface area contributed by atoms with Gasteiger partial charge in [0, 0.05) is 24.7 Å². The summed E-state index contributed by atoms with van der Waals surface area (Å²) >= 11 is 0. The van der Waals surface area contributed by atoms with E-state index in [4.69, 9.17) is 5.73 Å². The number of nitrogens with two attached hydrogens (primary N) is 1. The fourth-order valence-corrected chi connectivity index (χ4v) is 4.26. The van der Waals surface area contributed by atoms with E-state index in [2.05, 4.69) is 27.0 Å². The number of rotatable bonds is 9. The highest BCUT2D eigenvalue weighted by molar-refractivity contribution is 6.36. The predicted molar refractivity (Wildman–Crippen MR) is 140 cm³/mol. The molecule has 0 aliphatic heterocycles. The Morgan fingerprint density at radius 1 is 1.21 bits per heavy atom. The monoisotopic (exact) mass is 540 g/mol. The fraction of sp³-hybridized carbons (Fsp3) is 0.296. The number of carboxylic acid groups (broad SMARTS) is 1. The number of benzene rings is 2. The van der Waals surface area contributed by atoms with Crippen LogP contribution in [0.15, 0.2) is 58.5 Å². The maximum atomic E-state index is 13.1. The molecular weight excluding hydrogens is 513 g/mol. The lowest BCUT2D eigenvalue weighted by Gasteiger charge is -2.17. The lowest BCUT2D eigenvalue weighted by molar-refractivity contribution is -0.137. The molecule has 12 heteroatoms. The van der Waals surface area contributed by atoms with Crippen molar-refractivity contribution in [2.75, 3.05) is 0 Å². The Labute approximate surface area is 222 Å². The van der Waals surface area contributed by atoms with E-state index in [-0.39, 0.29) is 36.3 Å². The van der Waals surface area contributed by atoms with E-state index in [9.17, 15) is 27.9 Å². The Morgan fingerprint density at radius 3 is 2.44 bits per heavy atom. The lowest BCUT2D eigenvalue weighted by atomic mass is 10.1. The van der Waals surface area contributed by atoms with Crippen molar-refractivity contribution in [3.8, 4) is 11.4 Å². The molecule has 1 amide bonds. The number of carboxylic acids is 1. The summed E-state index contributed by atoms with van der Waals surface area (Å²) < 4.78 is 41.1. The van der Waals surface area contributed by atoms with Crippen LogP contribution < -0.4 is 11.1 Å². The zero-order valence-corrected chi connectivity index (χ0v) is 21.1. The number of primary amides is 1. The topological polar surface area (TPSA) is 135 Å². The summed E-state index contributed by atoms with van der Waals surface area (Å²) in [4.78, 5) is 36.1. The summed E-state index contributed by atoms with van der Waals surface area (Å²) in [5, 5.41) is 12.9. The molecule has 4 N–H and O–H groups in total. The zero-order chi connectivity index (χ0) is 28.3. The van der Waals surface area contributed by atoms with Gasteiger partial charge in [0.25, 0.3) is 0 Å². The van der Waals surface area contributed by atoms with Gasteiger partial charge in [-0.3, -0.25) is 4.79 Å².